The van der Waals surface area contributed by atoms with E-state index in [1.807, 2.05) is 0 Å². The molecule has 1 atom stereocenters. The molecule has 1 unspecified atom stereocenters. The normalized spacial score (nSPS) is 15.6. The van der Waals surface area contributed by atoms with Gasteiger partial charge in [-0.3, -0.25) is 10.2 Å². The number of nitrogens with zero attached hydrogens (tertiary/aromatic N) is 1. The van der Waals surface area contributed by atoms with Gasteiger partial charge in [0.1, 0.15) is 0 Å². The Labute approximate surface area is 90.1 Å². The van der Waals surface area contributed by atoms with Gasteiger partial charge < -0.3 is 0 Å². The van der Waals surface area contributed by atoms with Gasteiger partial charge in [-0.25, -0.2) is 0 Å². The van der Waals surface area contributed by atoms with Crippen LogP contribution in [0, 0.1) is 0 Å². The highest BCUT2D eigenvalue weighted by atomic mass is 15.3. The van der Waals surface area contributed by atoms with Crippen LogP contribution in [0.5, 0.6) is 0 Å². The fraction of sp³-hybridized carbons (Fsp3) is 1.00. The monoisotopic (exact) mass is 200 g/mol. The third-order valence-corrected chi connectivity index (χ3v) is 2.28. The zero-order valence-electron chi connectivity index (χ0n) is 11.2. The molecule has 0 aromatic carbocycles. The lowest BCUT2D eigenvalue weighted by molar-refractivity contribution is 0.0831. The summed E-state index contributed by atoms with van der Waals surface area (Å²) in [7, 11) is 0. The quantitative estimate of drug-likeness (QED) is 0.702. The molecule has 14 heavy (non-hydrogen) atoms. The van der Waals surface area contributed by atoms with E-state index in [4.69, 9.17) is 0 Å². The van der Waals surface area contributed by atoms with Gasteiger partial charge in [-0.2, -0.15) is 0 Å². The minimum Gasteiger partial charge on any atom is -0.297 e. The lowest BCUT2D eigenvalue weighted by Gasteiger charge is -2.40. The van der Waals surface area contributed by atoms with Crippen molar-refractivity contribution in [3.8, 4) is 0 Å². The Morgan fingerprint density at radius 2 is 1.21 bits per heavy atom. The first-order valence-corrected chi connectivity index (χ1v) is 5.70. The molecule has 0 bridgehead atoms. The van der Waals surface area contributed by atoms with Crippen molar-refractivity contribution in [3.05, 3.63) is 0 Å². The van der Waals surface area contributed by atoms with E-state index in [0.717, 1.165) is 0 Å². The number of nitrogens with one attached hydrogen (secondary N) is 1. The Kier molecular flexibility index (Phi) is 5.10. The van der Waals surface area contributed by atoms with Gasteiger partial charge in [-0.05, 0) is 55.4 Å². The van der Waals surface area contributed by atoms with Crippen molar-refractivity contribution in [2.75, 3.05) is 0 Å². The van der Waals surface area contributed by atoms with Crippen LogP contribution in [0.25, 0.3) is 0 Å². The van der Waals surface area contributed by atoms with E-state index >= 15 is 0 Å². The molecule has 0 fully saturated rings. The first-order chi connectivity index (χ1) is 6.15. The summed E-state index contributed by atoms with van der Waals surface area (Å²) < 4.78 is 0. The van der Waals surface area contributed by atoms with E-state index in [1.54, 1.807) is 0 Å². The van der Waals surface area contributed by atoms with E-state index < -0.39 is 0 Å². The van der Waals surface area contributed by atoms with Crippen molar-refractivity contribution in [2.24, 2.45) is 0 Å². The molecule has 2 nitrogen and oxygen atoms in total. The van der Waals surface area contributed by atoms with Crippen LogP contribution < -0.4 is 5.32 Å². The molecule has 0 saturated carbocycles. The highest BCUT2D eigenvalue weighted by Crippen LogP contribution is 2.11. The molecule has 0 radical (unpaired) electrons. The van der Waals surface area contributed by atoms with Crippen molar-refractivity contribution < 1.29 is 0 Å². The van der Waals surface area contributed by atoms with E-state index in [2.05, 4.69) is 65.6 Å². The molecule has 0 aliphatic carbocycles. The Morgan fingerprint density at radius 1 is 0.857 bits per heavy atom. The van der Waals surface area contributed by atoms with Crippen LogP contribution in [-0.2, 0) is 0 Å². The van der Waals surface area contributed by atoms with Crippen molar-refractivity contribution in [2.45, 2.75) is 79.2 Å². The summed E-state index contributed by atoms with van der Waals surface area (Å²) in [5, 5.41) is 3.61. The summed E-state index contributed by atoms with van der Waals surface area (Å²) in [5.41, 5.74) is 0.182. The summed E-state index contributed by atoms with van der Waals surface area (Å²) in [5.74, 6) is 0. The first-order valence-electron chi connectivity index (χ1n) is 5.70. The third kappa shape index (κ3) is 4.97. The van der Waals surface area contributed by atoms with Gasteiger partial charge in [0, 0.05) is 17.6 Å². The SMILES string of the molecule is CC(C)N(C(C)C)C(C)NC(C)(C)C. The first kappa shape index (κ1) is 13.9. The summed E-state index contributed by atoms with van der Waals surface area (Å²) in [4.78, 5) is 2.49. The van der Waals surface area contributed by atoms with E-state index in [1.165, 1.54) is 0 Å². The minimum atomic E-state index is 0.182. The lowest BCUT2D eigenvalue weighted by atomic mass is 10.1. The van der Waals surface area contributed by atoms with Crippen molar-refractivity contribution in [1.29, 1.82) is 0 Å². The second-order valence-corrected chi connectivity index (χ2v) is 5.71. The predicted molar refractivity (Wildman–Crippen MR) is 64.5 cm³/mol. The third-order valence-electron chi connectivity index (χ3n) is 2.28. The molecule has 0 amide bonds. The topological polar surface area (TPSA) is 15.3 Å². The highest BCUT2D eigenvalue weighted by Gasteiger charge is 2.23. The maximum Gasteiger partial charge on any atom is 0.0576 e. The minimum absolute atomic E-state index is 0.182. The molecule has 86 valence electrons. The van der Waals surface area contributed by atoms with Gasteiger partial charge in [-0.15, -0.1) is 0 Å². The van der Waals surface area contributed by atoms with Crippen LogP contribution >= 0.6 is 0 Å². The average molecular weight is 200 g/mol. The van der Waals surface area contributed by atoms with E-state index in [0.29, 0.717) is 18.2 Å². The van der Waals surface area contributed by atoms with Crippen LogP contribution in [0.3, 0.4) is 0 Å². The lowest BCUT2D eigenvalue weighted by Crippen LogP contribution is -2.55. The van der Waals surface area contributed by atoms with E-state index in [-0.39, 0.29) is 5.54 Å². The van der Waals surface area contributed by atoms with Crippen LogP contribution in [0.4, 0.5) is 0 Å². The molecular formula is C12H28N2. The Morgan fingerprint density at radius 3 is 1.43 bits per heavy atom. The molecule has 0 rings (SSSR count). The van der Waals surface area contributed by atoms with Crippen LogP contribution in [0.2, 0.25) is 0 Å². The Balaban J connectivity index is 4.38. The predicted octanol–water partition coefficient (Wildman–Crippen LogP) is 2.84. The molecule has 0 spiro atoms. The largest absolute Gasteiger partial charge is 0.297 e. The van der Waals surface area contributed by atoms with Crippen LogP contribution in [0.15, 0.2) is 0 Å². The number of hydrogen-bond donors (Lipinski definition) is 1. The zero-order chi connectivity index (χ0) is 11.5. The van der Waals surface area contributed by atoms with E-state index in [9.17, 15) is 0 Å². The van der Waals surface area contributed by atoms with Crippen molar-refractivity contribution in [1.82, 2.24) is 10.2 Å². The van der Waals surface area contributed by atoms with Crippen molar-refractivity contribution in [3.63, 3.8) is 0 Å². The summed E-state index contributed by atoms with van der Waals surface area (Å²) in [6.07, 6.45) is 0.426. The number of rotatable bonds is 4. The number of hydrogen-bond acceptors (Lipinski definition) is 2. The van der Waals surface area contributed by atoms with Gasteiger partial charge in [0.05, 0.1) is 6.17 Å². The molecule has 0 aromatic heterocycles. The van der Waals surface area contributed by atoms with Gasteiger partial charge >= 0.3 is 0 Å². The van der Waals surface area contributed by atoms with Crippen LogP contribution in [0.1, 0.15) is 55.4 Å². The molecule has 0 saturated heterocycles. The fourth-order valence-electron chi connectivity index (χ4n) is 2.19. The molecule has 0 aliphatic rings. The zero-order valence-corrected chi connectivity index (χ0v) is 11.2. The molecular weight excluding hydrogens is 172 g/mol. The Hall–Kier alpha value is -0.0800. The standard InChI is InChI=1S/C12H28N2/c1-9(2)14(10(3)4)11(5)13-12(6,7)8/h9-11,13H,1-8H3. The molecule has 0 aromatic rings. The summed E-state index contributed by atoms with van der Waals surface area (Å²) in [6.45, 7) is 17.9. The summed E-state index contributed by atoms with van der Waals surface area (Å²) >= 11 is 0. The molecule has 0 aliphatic heterocycles. The maximum atomic E-state index is 3.61. The molecule has 0 heterocycles. The second-order valence-electron chi connectivity index (χ2n) is 5.71. The van der Waals surface area contributed by atoms with Crippen molar-refractivity contribution >= 4 is 0 Å². The van der Waals surface area contributed by atoms with Gasteiger partial charge in [0.25, 0.3) is 0 Å². The maximum absolute atomic E-state index is 3.61. The second kappa shape index (κ2) is 5.13. The van der Waals surface area contributed by atoms with Gasteiger partial charge in [-0.1, -0.05) is 0 Å². The highest BCUT2D eigenvalue weighted by molar-refractivity contribution is 4.79. The van der Waals surface area contributed by atoms with Crippen LogP contribution in [-0.4, -0.2) is 28.7 Å². The van der Waals surface area contributed by atoms with Gasteiger partial charge in [0.2, 0.25) is 0 Å². The van der Waals surface area contributed by atoms with Gasteiger partial charge in [0.15, 0.2) is 0 Å². The molecule has 2 heteroatoms. The molecule has 1 N–H and O–H groups in total. The Bertz CT molecular complexity index is 148. The smallest absolute Gasteiger partial charge is 0.0576 e. The average Bonchev–Trinajstić information content (AvgIpc) is 1.78. The summed E-state index contributed by atoms with van der Waals surface area (Å²) in [6, 6.07) is 1.17. The fourth-order valence-corrected chi connectivity index (χ4v) is 2.19.